The van der Waals surface area contributed by atoms with Crippen molar-refractivity contribution in [3.8, 4) is 22.6 Å². The van der Waals surface area contributed by atoms with Gasteiger partial charge >= 0.3 is 0 Å². The molecule has 93 valence electrons. The molecule has 0 aliphatic rings. The van der Waals surface area contributed by atoms with Gasteiger partial charge in [0.2, 0.25) is 0 Å². The molecule has 1 aromatic heterocycles. The van der Waals surface area contributed by atoms with Crippen LogP contribution in [0.2, 0.25) is 0 Å². The average molecular weight is 249 g/mol. The molecule has 19 heavy (non-hydrogen) atoms. The van der Waals surface area contributed by atoms with Gasteiger partial charge in [-0.05, 0) is 41.5 Å². The van der Waals surface area contributed by atoms with Crippen molar-refractivity contribution in [1.82, 2.24) is 9.55 Å². The lowest BCUT2D eigenvalue weighted by atomic mass is 10.1. The summed E-state index contributed by atoms with van der Waals surface area (Å²) >= 11 is 0. The van der Waals surface area contributed by atoms with Gasteiger partial charge in [0.1, 0.15) is 5.75 Å². The van der Waals surface area contributed by atoms with E-state index in [0.717, 1.165) is 22.6 Å². The summed E-state index contributed by atoms with van der Waals surface area (Å²) in [6, 6.07) is 17.2. The Kier molecular flexibility index (Phi) is 3.02. The van der Waals surface area contributed by atoms with E-state index in [1.807, 2.05) is 47.2 Å². The first-order valence-electron chi connectivity index (χ1n) is 6.01. The van der Waals surface area contributed by atoms with Crippen molar-refractivity contribution in [2.45, 2.75) is 0 Å². The third-order valence-corrected chi connectivity index (χ3v) is 2.99. The van der Waals surface area contributed by atoms with E-state index in [0.29, 0.717) is 0 Å². The van der Waals surface area contributed by atoms with E-state index < -0.39 is 0 Å². The van der Waals surface area contributed by atoms with Crippen LogP contribution in [0.3, 0.4) is 0 Å². The molecule has 0 spiro atoms. The molecule has 1 heterocycles. The standard InChI is InChI=1S/C16H13N2O/c1-19-16-7-5-13(6-8-16)14-3-2-4-15(11-14)18-10-9-17-12-18/h2,4-12H,1H3. The van der Waals surface area contributed by atoms with E-state index in [1.165, 1.54) is 0 Å². The molecule has 2 aromatic carbocycles. The third-order valence-electron chi connectivity index (χ3n) is 2.99. The zero-order chi connectivity index (χ0) is 13.1. The number of benzene rings is 2. The molecular formula is C16H13N2O. The highest BCUT2D eigenvalue weighted by Gasteiger charge is 2.01. The van der Waals surface area contributed by atoms with Crippen LogP contribution >= 0.6 is 0 Å². The molecule has 3 heteroatoms. The van der Waals surface area contributed by atoms with Gasteiger partial charge in [-0.15, -0.1) is 0 Å². The third kappa shape index (κ3) is 2.36. The number of imidazole rings is 1. The maximum absolute atomic E-state index is 5.17. The van der Waals surface area contributed by atoms with Crippen LogP contribution in [-0.4, -0.2) is 16.7 Å². The highest BCUT2D eigenvalue weighted by atomic mass is 16.5. The Balaban J connectivity index is 1.98. The minimum absolute atomic E-state index is 0.856. The fourth-order valence-electron chi connectivity index (χ4n) is 1.96. The van der Waals surface area contributed by atoms with Crippen LogP contribution < -0.4 is 4.74 Å². The molecule has 3 nitrogen and oxygen atoms in total. The lowest BCUT2D eigenvalue weighted by molar-refractivity contribution is 0.415. The normalized spacial score (nSPS) is 10.4. The fraction of sp³-hybridized carbons (Fsp3) is 0.0625. The van der Waals surface area contributed by atoms with E-state index >= 15 is 0 Å². The van der Waals surface area contributed by atoms with E-state index in [-0.39, 0.29) is 0 Å². The van der Waals surface area contributed by atoms with Crippen LogP contribution in [0.15, 0.2) is 61.2 Å². The molecule has 0 aliphatic carbocycles. The number of nitrogens with zero attached hydrogens (tertiary/aromatic N) is 2. The van der Waals surface area contributed by atoms with Gasteiger partial charge in [0.15, 0.2) is 0 Å². The molecule has 0 atom stereocenters. The molecule has 0 aliphatic heterocycles. The number of methoxy groups -OCH3 is 1. The van der Waals surface area contributed by atoms with Crippen molar-refractivity contribution in [2.75, 3.05) is 7.11 Å². The van der Waals surface area contributed by atoms with Crippen molar-refractivity contribution in [3.63, 3.8) is 0 Å². The van der Waals surface area contributed by atoms with Gasteiger partial charge in [0.25, 0.3) is 0 Å². The summed E-state index contributed by atoms with van der Waals surface area (Å²) in [5, 5.41) is 0. The van der Waals surface area contributed by atoms with Gasteiger partial charge in [-0.1, -0.05) is 18.2 Å². The van der Waals surface area contributed by atoms with Crippen LogP contribution in [0.4, 0.5) is 0 Å². The highest BCUT2D eigenvalue weighted by molar-refractivity contribution is 5.66. The molecule has 0 fully saturated rings. The summed E-state index contributed by atoms with van der Waals surface area (Å²) in [5.74, 6) is 0.856. The minimum atomic E-state index is 0.856. The van der Waals surface area contributed by atoms with Crippen LogP contribution in [-0.2, 0) is 0 Å². The molecular weight excluding hydrogens is 236 g/mol. The molecule has 1 radical (unpaired) electrons. The van der Waals surface area contributed by atoms with Crippen molar-refractivity contribution < 1.29 is 4.74 Å². The second-order valence-electron chi connectivity index (χ2n) is 4.16. The Morgan fingerprint density at radius 1 is 1.16 bits per heavy atom. The number of ether oxygens (including phenoxy) is 1. The molecule has 0 N–H and O–H groups in total. The molecule has 3 aromatic rings. The van der Waals surface area contributed by atoms with Crippen LogP contribution in [0.5, 0.6) is 5.75 Å². The summed E-state index contributed by atoms with van der Waals surface area (Å²) in [7, 11) is 1.67. The van der Waals surface area contributed by atoms with Gasteiger partial charge in [-0.25, -0.2) is 4.98 Å². The first kappa shape index (κ1) is 11.5. The van der Waals surface area contributed by atoms with E-state index in [4.69, 9.17) is 4.74 Å². The van der Waals surface area contributed by atoms with Gasteiger partial charge < -0.3 is 9.30 Å². The van der Waals surface area contributed by atoms with Gasteiger partial charge in [-0.2, -0.15) is 0 Å². The Hall–Kier alpha value is -2.55. The average Bonchev–Trinajstić information content (AvgIpc) is 3.02. The maximum Gasteiger partial charge on any atom is 0.118 e. The van der Waals surface area contributed by atoms with Gasteiger partial charge in [0, 0.05) is 18.1 Å². The van der Waals surface area contributed by atoms with Crippen LogP contribution in [0.1, 0.15) is 0 Å². The monoisotopic (exact) mass is 249 g/mol. The summed E-state index contributed by atoms with van der Waals surface area (Å²) in [5.41, 5.74) is 3.23. The number of aromatic nitrogens is 2. The first-order valence-corrected chi connectivity index (χ1v) is 6.01. The largest absolute Gasteiger partial charge is 0.497 e. The highest BCUT2D eigenvalue weighted by Crippen LogP contribution is 2.23. The summed E-state index contributed by atoms with van der Waals surface area (Å²) in [4.78, 5) is 4.06. The van der Waals surface area contributed by atoms with Crippen molar-refractivity contribution >= 4 is 0 Å². The van der Waals surface area contributed by atoms with Gasteiger partial charge in [-0.3, -0.25) is 0 Å². The van der Waals surface area contributed by atoms with Crippen LogP contribution in [0.25, 0.3) is 16.8 Å². The van der Waals surface area contributed by atoms with Crippen LogP contribution in [0, 0.1) is 6.07 Å². The molecule has 3 rings (SSSR count). The van der Waals surface area contributed by atoms with E-state index in [9.17, 15) is 0 Å². The Morgan fingerprint density at radius 2 is 2.00 bits per heavy atom. The van der Waals surface area contributed by atoms with E-state index in [1.54, 1.807) is 19.6 Å². The SMILES string of the molecule is COc1ccc(-c2[c]ccc(-n3ccnc3)c2)cc1. The molecule has 0 saturated heterocycles. The number of rotatable bonds is 3. The topological polar surface area (TPSA) is 27.1 Å². The van der Waals surface area contributed by atoms with Crippen molar-refractivity contribution in [1.29, 1.82) is 0 Å². The smallest absolute Gasteiger partial charge is 0.118 e. The predicted molar refractivity (Wildman–Crippen MR) is 74.4 cm³/mol. The Bertz CT molecular complexity index is 657. The zero-order valence-corrected chi connectivity index (χ0v) is 10.6. The first-order chi connectivity index (χ1) is 9.36. The molecule has 0 unspecified atom stereocenters. The van der Waals surface area contributed by atoms with E-state index in [2.05, 4.69) is 17.1 Å². The number of hydrogen-bond acceptors (Lipinski definition) is 2. The van der Waals surface area contributed by atoms with Crippen molar-refractivity contribution in [3.05, 3.63) is 67.3 Å². The molecule has 0 amide bonds. The summed E-state index contributed by atoms with van der Waals surface area (Å²) in [6.07, 6.45) is 5.48. The minimum Gasteiger partial charge on any atom is -0.497 e. The Morgan fingerprint density at radius 3 is 2.68 bits per heavy atom. The maximum atomic E-state index is 5.17. The van der Waals surface area contributed by atoms with Gasteiger partial charge in [0.05, 0.1) is 13.4 Å². The second-order valence-corrected chi connectivity index (χ2v) is 4.16. The summed E-state index contributed by atoms with van der Waals surface area (Å²) in [6.45, 7) is 0. The quantitative estimate of drug-likeness (QED) is 0.711. The fourth-order valence-corrected chi connectivity index (χ4v) is 1.96. The number of hydrogen-bond donors (Lipinski definition) is 0. The Labute approximate surface area is 112 Å². The molecule has 0 saturated carbocycles. The second kappa shape index (κ2) is 4.98. The lowest BCUT2D eigenvalue weighted by Crippen LogP contribution is -1.90. The lowest BCUT2D eigenvalue weighted by Gasteiger charge is -2.06. The van der Waals surface area contributed by atoms with Crippen molar-refractivity contribution in [2.24, 2.45) is 0 Å². The zero-order valence-electron chi connectivity index (χ0n) is 10.6. The molecule has 0 bridgehead atoms. The predicted octanol–water partition coefficient (Wildman–Crippen LogP) is 3.35. The summed E-state index contributed by atoms with van der Waals surface area (Å²) < 4.78 is 7.14.